The van der Waals surface area contributed by atoms with Gasteiger partial charge in [0, 0.05) is 25.7 Å². The van der Waals surface area contributed by atoms with Gasteiger partial charge >= 0.3 is 0 Å². The number of para-hydroxylation sites is 1. The lowest BCUT2D eigenvalue weighted by Crippen LogP contribution is -2.22. The Hall–Kier alpha value is -4.26. The summed E-state index contributed by atoms with van der Waals surface area (Å²) in [5.41, 5.74) is 3.31. The number of rotatable bonds is 7. The van der Waals surface area contributed by atoms with E-state index in [0.717, 1.165) is 6.42 Å². The molecule has 4 aromatic rings. The maximum absolute atomic E-state index is 13.7. The highest BCUT2D eigenvalue weighted by atomic mass is 16.6. The van der Waals surface area contributed by atoms with Gasteiger partial charge in [-0.15, -0.1) is 0 Å². The molecule has 0 radical (unpaired) electrons. The Morgan fingerprint density at radius 2 is 1.80 bits per heavy atom. The monoisotopic (exact) mass is 468 g/mol. The van der Waals surface area contributed by atoms with E-state index in [1.165, 1.54) is 11.6 Å². The first kappa shape index (κ1) is 23.9. The van der Waals surface area contributed by atoms with Crippen LogP contribution in [-0.4, -0.2) is 33.5 Å². The molecule has 0 fully saturated rings. The van der Waals surface area contributed by atoms with Gasteiger partial charge in [0.1, 0.15) is 5.82 Å². The summed E-state index contributed by atoms with van der Waals surface area (Å²) in [7, 11) is 3.69. The van der Waals surface area contributed by atoms with Crippen molar-refractivity contribution < 1.29 is 4.92 Å². The van der Waals surface area contributed by atoms with E-state index >= 15 is 0 Å². The van der Waals surface area contributed by atoms with Gasteiger partial charge in [0.25, 0.3) is 11.2 Å². The van der Waals surface area contributed by atoms with Crippen molar-refractivity contribution in [1.29, 1.82) is 0 Å². The summed E-state index contributed by atoms with van der Waals surface area (Å²) in [6.45, 7) is 4.31. The molecular formula is C28H28N4O3. The molecule has 1 aromatic heterocycles. The second kappa shape index (κ2) is 9.93. The highest BCUT2D eigenvalue weighted by Crippen LogP contribution is 2.29. The van der Waals surface area contributed by atoms with Crippen molar-refractivity contribution in [2.45, 2.75) is 26.2 Å². The molecule has 7 nitrogen and oxygen atoms in total. The maximum Gasteiger partial charge on any atom is 0.276 e. The summed E-state index contributed by atoms with van der Waals surface area (Å²) in [6, 6.07) is 20.0. The molecule has 178 valence electrons. The number of nitrogens with zero attached hydrogens (tertiary/aromatic N) is 4. The zero-order valence-electron chi connectivity index (χ0n) is 20.3. The minimum atomic E-state index is -0.409. The van der Waals surface area contributed by atoms with Crippen molar-refractivity contribution in [3.63, 3.8) is 0 Å². The summed E-state index contributed by atoms with van der Waals surface area (Å²) in [5, 5.41) is 12.1. The normalized spacial score (nSPS) is 12.2. The van der Waals surface area contributed by atoms with E-state index in [2.05, 4.69) is 13.8 Å². The van der Waals surface area contributed by atoms with Crippen LogP contribution in [0.2, 0.25) is 0 Å². The first-order valence-corrected chi connectivity index (χ1v) is 11.6. The summed E-state index contributed by atoms with van der Waals surface area (Å²) < 4.78 is 1.59. The number of aromatic nitrogens is 2. The van der Waals surface area contributed by atoms with Crippen molar-refractivity contribution in [2.75, 3.05) is 14.1 Å². The molecule has 35 heavy (non-hydrogen) atoms. The van der Waals surface area contributed by atoms with Gasteiger partial charge in [0.05, 0.1) is 27.1 Å². The molecule has 3 aromatic carbocycles. The Morgan fingerprint density at radius 3 is 2.46 bits per heavy atom. The Balaban J connectivity index is 1.98. The predicted octanol–water partition coefficient (Wildman–Crippen LogP) is 6.01. The first-order chi connectivity index (χ1) is 16.8. The van der Waals surface area contributed by atoms with E-state index in [0.29, 0.717) is 39.5 Å². The lowest BCUT2D eigenvalue weighted by molar-refractivity contribution is -0.385. The molecular weight excluding hydrogens is 440 g/mol. The zero-order chi connectivity index (χ0) is 25.1. The average molecular weight is 469 g/mol. The van der Waals surface area contributed by atoms with Gasteiger partial charge in [-0.1, -0.05) is 38.1 Å². The zero-order valence-corrected chi connectivity index (χ0v) is 20.3. The third kappa shape index (κ3) is 4.84. The van der Waals surface area contributed by atoms with Crippen molar-refractivity contribution in [1.82, 2.24) is 14.5 Å². The molecule has 1 atom stereocenters. The van der Waals surface area contributed by atoms with Crippen molar-refractivity contribution >= 4 is 22.7 Å². The van der Waals surface area contributed by atoms with Crippen LogP contribution in [0.3, 0.4) is 0 Å². The fourth-order valence-corrected chi connectivity index (χ4v) is 3.98. The third-order valence-electron chi connectivity index (χ3n) is 6.14. The highest BCUT2D eigenvalue weighted by Gasteiger charge is 2.18. The van der Waals surface area contributed by atoms with Crippen LogP contribution >= 0.6 is 0 Å². The second-order valence-corrected chi connectivity index (χ2v) is 8.80. The Morgan fingerprint density at radius 1 is 1.09 bits per heavy atom. The quantitative estimate of drug-likeness (QED) is 0.245. The Labute approximate surface area is 204 Å². The fraction of sp³-hybridized carbons (Fsp3) is 0.214. The molecule has 0 bridgehead atoms. The van der Waals surface area contributed by atoms with Gasteiger partial charge in [-0.3, -0.25) is 19.5 Å². The number of benzene rings is 3. The van der Waals surface area contributed by atoms with Crippen molar-refractivity contribution in [3.8, 4) is 17.1 Å². The van der Waals surface area contributed by atoms with Crippen LogP contribution in [-0.2, 0) is 0 Å². The smallest absolute Gasteiger partial charge is 0.276 e. The topological polar surface area (TPSA) is 81.3 Å². The summed E-state index contributed by atoms with van der Waals surface area (Å²) in [5.74, 6) is 0.843. The fourth-order valence-electron chi connectivity index (χ4n) is 3.98. The van der Waals surface area contributed by atoms with Crippen LogP contribution in [0.15, 0.2) is 77.7 Å². The Kier molecular flexibility index (Phi) is 6.78. The van der Waals surface area contributed by atoms with E-state index in [1.54, 1.807) is 46.0 Å². The maximum atomic E-state index is 13.7. The average Bonchev–Trinajstić information content (AvgIpc) is 2.86. The number of nitro benzene ring substituents is 1. The molecule has 0 aliphatic carbocycles. The minimum Gasteiger partial charge on any atom is -0.383 e. The number of fused-ring (bicyclic) bond motifs is 1. The predicted molar refractivity (Wildman–Crippen MR) is 141 cm³/mol. The van der Waals surface area contributed by atoms with E-state index in [1.807, 2.05) is 50.5 Å². The minimum absolute atomic E-state index is 0.0144. The third-order valence-corrected chi connectivity index (χ3v) is 6.14. The molecule has 0 spiro atoms. The van der Waals surface area contributed by atoms with Crippen molar-refractivity contribution in [2.24, 2.45) is 0 Å². The highest BCUT2D eigenvalue weighted by molar-refractivity contribution is 5.81. The lowest BCUT2D eigenvalue weighted by atomic mass is 9.98. The molecule has 7 heteroatoms. The van der Waals surface area contributed by atoms with Gasteiger partial charge < -0.3 is 4.90 Å². The van der Waals surface area contributed by atoms with Crippen molar-refractivity contribution in [3.05, 3.63) is 105 Å². The molecule has 1 unspecified atom stereocenters. The Bertz CT molecular complexity index is 1470. The van der Waals surface area contributed by atoms with Gasteiger partial charge in [-0.25, -0.2) is 4.98 Å². The van der Waals surface area contributed by atoms with Crippen LogP contribution in [0.1, 0.15) is 37.3 Å². The molecule has 0 saturated carbocycles. The molecule has 1 heterocycles. The van der Waals surface area contributed by atoms with E-state index < -0.39 is 4.92 Å². The number of nitro groups is 1. The van der Waals surface area contributed by atoms with E-state index in [9.17, 15) is 14.9 Å². The number of hydrogen-bond acceptors (Lipinski definition) is 5. The standard InChI is InChI=1S/C28H28N4O3/c1-5-19(2)20-10-13-23(14-11-20)31-27(29-25-9-7-6-8-24(25)28(31)33)22-12-15-26(32(34)35)21(18-22)16-17-30(3)4/h6-19H,5H2,1-4H3/b17-16+. The molecule has 4 rings (SSSR count). The molecule has 0 saturated heterocycles. The lowest BCUT2D eigenvalue weighted by Gasteiger charge is -2.16. The first-order valence-electron chi connectivity index (χ1n) is 11.6. The van der Waals surface area contributed by atoms with E-state index in [-0.39, 0.29) is 11.2 Å². The molecule has 0 amide bonds. The van der Waals surface area contributed by atoms with Gasteiger partial charge in [0.2, 0.25) is 0 Å². The van der Waals surface area contributed by atoms with Crippen LogP contribution in [0.5, 0.6) is 0 Å². The van der Waals surface area contributed by atoms with E-state index in [4.69, 9.17) is 4.98 Å². The summed E-state index contributed by atoms with van der Waals surface area (Å²) >= 11 is 0. The summed E-state index contributed by atoms with van der Waals surface area (Å²) in [4.78, 5) is 31.5. The van der Waals surface area contributed by atoms with Crippen LogP contribution < -0.4 is 5.56 Å². The molecule has 0 aliphatic heterocycles. The van der Waals surface area contributed by atoms with Crippen LogP contribution in [0.25, 0.3) is 34.1 Å². The molecule has 0 N–H and O–H groups in total. The largest absolute Gasteiger partial charge is 0.383 e. The van der Waals surface area contributed by atoms with Crippen LogP contribution in [0.4, 0.5) is 5.69 Å². The molecule has 0 aliphatic rings. The second-order valence-electron chi connectivity index (χ2n) is 8.80. The van der Waals surface area contributed by atoms with Gasteiger partial charge in [-0.05, 0) is 66.6 Å². The number of hydrogen-bond donors (Lipinski definition) is 0. The van der Waals surface area contributed by atoms with Crippen LogP contribution in [0, 0.1) is 10.1 Å². The van der Waals surface area contributed by atoms with Gasteiger partial charge in [-0.2, -0.15) is 0 Å². The summed E-state index contributed by atoms with van der Waals surface area (Å²) in [6.07, 6.45) is 4.46. The van der Waals surface area contributed by atoms with Gasteiger partial charge in [0.15, 0.2) is 0 Å². The SMILES string of the molecule is CCC(C)c1ccc(-n2c(-c3ccc([N+](=O)[O-])c(/C=C/N(C)C)c3)nc3ccccc3c2=O)cc1.